The molecule has 1 saturated heterocycles. The number of ether oxygens (including phenoxy) is 2. The molecule has 0 bridgehead atoms. The van der Waals surface area contributed by atoms with Gasteiger partial charge in [-0.1, -0.05) is 67.4 Å². The molecule has 10 nitrogen and oxygen atoms in total. The van der Waals surface area contributed by atoms with Crippen LogP contribution in [0.3, 0.4) is 0 Å². The van der Waals surface area contributed by atoms with Gasteiger partial charge in [0, 0.05) is 0 Å². The second-order valence-electron chi connectivity index (χ2n) is 15.9. The average molecular weight is 626 g/mol. The highest BCUT2D eigenvalue weighted by molar-refractivity contribution is 6.75. The van der Waals surface area contributed by atoms with Gasteiger partial charge in [0.1, 0.15) is 18.3 Å². The smallest absolute Gasteiger partial charge is 0.265 e. The van der Waals surface area contributed by atoms with Crippen molar-refractivity contribution in [3.8, 4) is 5.88 Å². The number of aromatic nitrogens is 5. The van der Waals surface area contributed by atoms with Crippen molar-refractivity contribution in [3.63, 3.8) is 0 Å². The summed E-state index contributed by atoms with van der Waals surface area (Å²) in [4.78, 5) is 4.59. The lowest BCUT2D eigenvalue weighted by atomic mass is 10.1. The maximum Gasteiger partial charge on any atom is 0.265 e. The summed E-state index contributed by atoms with van der Waals surface area (Å²) in [6.45, 7) is 34.4. The van der Waals surface area contributed by atoms with Crippen LogP contribution in [0, 0.1) is 0 Å². The predicted molar refractivity (Wildman–Crippen MR) is 171 cm³/mol. The van der Waals surface area contributed by atoms with E-state index in [-0.39, 0.29) is 27.3 Å². The first-order chi connectivity index (χ1) is 18.4. The fourth-order valence-corrected chi connectivity index (χ4v) is 7.57. The predicted octanol–water partition coefficient (Wildman–Crippen LogP) is 6.93. The van der Waals surface area contributed by atoms with E-state index in [9.17, 15) is 0 Å². The van der Waals surface area contributed by atoms with Crippen molar-refractivity contribution in [2.75, 3.05) is 13.7 Å². The molecule has 0 N–H and O–H groups in total. The molecule has 1 aliphatic heterocycles. The first-order valence-electron chi connectivity index (χ1n) is 14.7. The summed E-state index contributed by atoms with van der Waals surface area (Å²) in [5.41, 5.74) is 1.06. The standard InChI is InChI=1S/C28H55N5O5Si3/c1-26(2,3)39(11,12)35-17-19-21(37-40(13,14)27(4,5)6)22(38-41(15,16)28(7,8)9)25(36-19)33-18-29-20-23(33)30-32-31-24(20)34-10/h18-19,21-22,25H,17H2,1-16H3/t19-,21-,22-,25-/m1/s1. The van der Waals surface area contributed by atoms with Crippen LogP contribution in [-0.4, -0.2) is 81.9 Å². The van der Waals surface area contributed by atoms with E-state index in [0.717, 1.165) is 0 Å². The monoisotopic (exact) mass is 625 g/mol. The summed E-state index contributed by atoms with van der Waals surface area (Å²) in [6.07, 6.45) is 0.0900. The van der Waals surface area contributed by atoms with Gasteiger partial charge < -0.3 is 22.8 Å². The van der Waals surface area contributed by atoms with Crippen LogP contribution in [0.5, 0.6) is 5.88 Å². The molecule has 0 amide bonds. The molecule has 0 spiro atoms. The van der Waals surface area contributed by atoms with Crippen molar-refractivity contribution in [3.05, 3.63) is 6.33 Å². The van der Waals surface area contributed by atoms with E-state index in [0.29, 0.717) is 23.7 Å². The normalized spacial score (nSPS) is 23.4. The maximum absolute atomic E-state index is 7.23. The molecular formula is C28H55N5O5Si3. The summed E-state index contributed by atoms with van der Waals surface area (Å²) >= 11 is 0. The van der Waals surface area contributed by atoms with Crippen molar-refractivity contribution >= 4 is 36.1 Å². The molecule has 2 aromatic rings. The van der Waals surface area contributed by atoms with Gasteiger partial charge in [-0.15, -0.1) is 5.10 Å². The minimum atomic E-state index is -2.28. The number of hydrogen-bond donors (Lipinski definition) is 0. The lowest BCUT2D eigenvalue weighted by Crippen LogP contribution is -2.54. The van der Waals surface area contributed by atoms with E-state index in [1.54, 1.807) is 13.4 Å². The summed E-state index contributed by atoms with van der Waals surface area (Å²) in [7, 11) is -5.03. The second kappa shape index (κ2) is 11.4. The van der Waals surface area contributed by atoms with Gasteiger partial charge in [0.25, 0.3) is 5.88 Å². The molecule has 234 valence electrons. The lowest BCUT2D eigenvalue weighted by molar-refractivity contribution is -0.0471. The average Bonchev–Trinajstić information content (AvgIpc) is 3.36. The summed E-state index contributed by atoms with van der Waals surface area (Å²) in [5, 5.41) is 12.3. The van der Waals surface area contributed by atoms with Gasteiger partial charge in [-0.3, -0.25) is 4.57 Å². The van der Waals surface area contributed by atoms with Crippen LogP contribution in [0.25, 0.3) is 11.2 Å². The number of rotatable bonds is 9. The van der Waals surface area contributed by atoms with E-state index in [4.69, 9.17) is 22.8 Å². The van der Waals surface area contributed by atoms with E-state index >= 15 is 0 Å². The molecule has 0 aliphatic carbocycles. The Bertz CT molecular complexity index is 1200. The molecule has 1 fully saturated rings. The molecule has 3 heterocycles. The molecule has 0 saturated carbocycles. The van der Waals surface area contributed by atoms with Gasteiger partial charge in [-0.25, -0.2) is 4.98 Å². The molecule has 0 radical (unpaired) electrons. The van der Waals surface area contributed by atoms with Gasteiger partial charge in [0.15, 0.2) is 42.3 Å². The van der Waals surface area contributed by atoms with Crippen LogP contribution in [0.15, 0.2) is 6.33 Å². The molecular weight excluding hydrogens is 571 g/mol. The Kier molecular flexibility index (Phi) is 9.50. The van der Waals surface area contributed by atoms with Gasteiger partial charge in [-0.2, -0.15) is 0 Å². The van der Waals surface area contributed by atoms with Crippen molar-refractivity contribution < 1.29 is 22.8 Å². The van der Waals surface area contributed by atoms with Gasteiger partial charge in [0.05, 0.1) is 20.0 Å². The molecule has 0 aromatic carbocycles. The Labute approximate surface area is 250 Å². The molecule has 0 unspecified atom stereocenters. The Morgan fingerprint density at radius 1 is 0.780 bits per heavy atom. The zero-order valence-electron chi connectivity index (χ0n) is 28.4. The van der Waals surface area contributed by atoms with Crippen molar-refractivity contribution in [2.45, 2.75) is 141 Å². The number of fused-ring (bicyclic) bond motifs is 1. The van der Waals surface area contributed by atoms with Crippen LogP contribution in [0.2, 0.25) is 54.4 Å². The highest BCUT2D eigenvalue weighted by atomic mass is 28.4. The van der Waals surface area contributed by atoms with E-state index < -0.39 is 37.3 Å². The first-order valence-corrected chi connectivity index (χ1v) is 23.4. The van der Waals surface area contributed by atoms with Crippen LogP contribution >= 0.6 is 0 Å². The molecule has 4 atom stereocenters. The fraction of sp³-hybridized carbons (Fsp3) is 0.857. The minimum Gasteiger partial charge on any atom is -0.478 e. The van der Waals surface area contributed by atoms with Gasteiger partial charge in [0.2, 0.25) is 0 Å². The van der Waals surface area contributed by atoms with E-state index in [1.165, 1.54) is 0 Å². The van der Waals surface area contributed by atoms with E-state index in [2.05, 4.69) is 122 Å². The maximum atomic E-state index is 7.23. The molecule has 1 aliphatic rings. The molecule has 2 aromatic heterocycles. The van der Waals surface area contributed by atoms with Crippen molar-refractivity contribution in [1.82, 2.24) is 25.0 Å². The summed E-state index contributed by atoms with van der Waals surface area (Å²) in [5.74, 6) is 0.320. The zero-order chi connectivity index (χ0) is 31.4. The van der Waals surface area contributed by atoms with E-state index in [1.807, 2.05) is 4.57 Å². The fourth-order valence-electron chi connectivity index (χ4n) is 3.96. The summed E-state index contributed by atoms with van der Waals surface area (Å²) < 4.78 is 35.5. The number of hydrogen-bond acceptors (Lipinski definition) is 9. The highest BCUT2D eigenvalue weighted by Gasteiger charge is 2.55. The Hall–Kier alpha value is -1.23. The SMILES string of the molecule is COc1nnnc2c1ncn2[C@@H]1O[C@H](CO[Si](C)(C)C(C)(C)C)[C@@H](O[Si](C)(C)C(C)(C)C)[C@H]1O[Si](C)(C)C(C)(C)C. The largest absolute Gasteiger partial charge is 0.478 e. The minimum absolute atomic E-state index is 0.00363. The Morgan fingerprint density at radius 2 is 1.29 bits per heavy atom. The zero-order valence-corrected chi connectivity index (χ0v) is 31.4. The number of nitrogens with zero attached hydrogens (tertiary/aromatic N) is 5. The molecule has 13 heteroatoms. The quantitative estimate of drug-likeness (QED) is 0.274. The highest BCUT2D eigenvalue weighted by Crippen LogP contribution is 2.47. The number of methoxy groups -OCH3 is 1. The van der Waals surface area contributed by atoms with Crippen LogP contribution in [0.1, 0.15) is 68.5 Å². The number of imidazole rings is 1. The van der Waals surface area contributed by atoms with Gasteiger partial charge in [-0.05, 0) is 59.6 Å². The Morgan fingerprint density at radius 3 is 1.78 bits per heavy atom. The molecule has 41 heavy (non-hydrogen) atoms. The lowest BCUT2D eigenvalue weighted by Gasteiger charge is -2.44. The summed E-state index contributed by atoms with van der Waals surface area (Å²) in [6, 6.07) is 0. The second-order valence-corrected chi connectivity index (χ2v) is 30.3. The molecule has 3 rings (SSSR count). The van der Waals surface area contributed by atoms with Crippen LogP contribution < -0.4 is 4.74 Å². The third-order valence-electron chi connectivity index (χ3n) is 9.89. The first kappa shape index (κ1) is 34.3. The third kappa shape index (κ3) is 6.96. The van der Waals surface area contributed by atoms with Crippen LogP contribution in [0.4, 0.5) is 0 Å². The third-order valence-corrected chi connectivity index (χ3v) is 23.3. The Balaban J connectivity index is 2.16. The van der Waals surface area contributed by atoms with Crippen molar-refractivity contribution in [1.29, 1.82) is 0 Å². The van der Waals surface area contributed by atoms with Crippen molar-refractivity contribution in [2.24, 2.45) is 0 Å². The van der Waals surface area contributed by atoms with Gasteiger partial charge >= 0.3 is 0 Å². The topological polar surface area (TPSA) is 103 Å². The van der Waals surface area contributed by atoms with Crippen LogP contribution in [-0.2, 0) is 18.0 Å².